The molecule has 0 radical (unpaired) electrons. The minimum Gasteiger partial charge on any atom is -0.455 e. The summed E-state index contributed by atoms with van der Waals surface area (Å²) in [7, 11) is -4.22. The summed E-state index contributed by atoms with van der Waals surface area (Å²) in [6, 6.07) is 9.02. The first-order chi connectivity index (χ1) is 16.3. The monoisotopic (exact) mass is 540 g/mol. The average molecular weight is 541 g/mol. The lowest BCUT2D eigenvalue weighted by Gasteiger charge is -2.14. The van der Waals surface area contributed by atoms with E-state index in [9.17, 15) is 12.8 Å². The third-order valence-corrected chi connectivity index (χ3v) is 7.38. The molecule has 2 aromatic carbocycles. The molecule has 0 saturated carbocycles. The Hall–Kier alpha value is -2.66. The molecule has 7 nitrogen and oxygen atoms in total. The number of hydrogen-bond acceptors (Lipinski definition) is 6. The Morgan fingerprint density at radius 2 is 1.91 bits per heavy atom. The molecule has 0 saturated heterocycles. The van der Waals surface area contributed by atoms with E-state index >= 15 is 0 Å². The van der Waals surface area contributed by atoms with Gasteiger partial charge >= 0.3 is 0 Å². The Morgan fingerprint density at radius 3 is 2.65 bits per heavy atom. The fourth-order valence-electron chi connectivity index (χ4n) is 3.27. The van der Waals surface area contributed by atoms with Gasteiger partial charge in [0.05, 0.1) is 10.5 Å². The van der Waals surface area contributed by atoms with Crippen LogP contribution in [0.1, 0.15) is 24.1 Å². The lowest BCUT2D eigenvalue weighted by molar-refractivity contribution is 0.466. The maximum absolute atomic E-state index is 14.8. The Morgan fingerprint density at radius 1 is 1.09 bits per heavy atom. The van der Waals surface area contributed by atoms with E-state index in [0.29, 0.717) is 17.2 Å². The van der Waals surface area contributed by atoms with E-state index in [2.05, 4.69) is 19.9 Å². The number of sulfonamides is 1. The number of ether oxygens (including phenoxy) is 1. The van der Waals surface area contributed by atoms with Gasteiger partial charge in [-0.25, -0.2) is 17.8 Å². The molecule has 0 aliphatic heterocycles. The standard InChI is InChI=1S/C22H19Cl2FN4O3S2/c23-15-5-6-19(14(9-15)3-1-2-4-16-7-8-27-28-16)32-20-11-18(25)21(10-17(20)24)34(30,31)29-22-12-33-13-26-22/h5-13,29H,1-4H2,(H,27,28). The molecule has 0 aliphatic carbocycles. The Kier molecular flexibility index (Phi) is 7.72. The van der Waals surface area contributed by atoms with Crippen LogP contribution in [0.25, 0.3) is 0 Å². The molecular weight excluding hydrogens is 522 g/mol. The number of thiazole rings is 1. The van der Waals surface area contributed by atoms with Crippen molar-refractivity contribution in [1.29, 1.82) is 0 Å². The summed E-state index contributed by atoms with van der Waals surface area (Å²) in [6.45, 7) is 0. The van der Waals surface area contributed by atoms with Gasteiger partial charge in [0.25, 0.3) is 10.0 Å². The predicted octanol–water partition coefficient (Wildman–Crippen LogP) is 6.47. The summed E-state index contributed by atoms with van der Waals surface area (Å²) < 4.78 is 48.0. The highest BCUT2D eigenvalue weighted by molar-refractivity contribution is 7.92. The molecule has 0 atom stereocenters. The molecule has 4 aromatic rings. The van der Waals surface area contributed by atoms with Crippen LogP contribution in [0.3, 0.4) is 0 Å². The van der Waals surface area contributed by atoms with E-state index in [1.54, 1.807) is 24.4 Å². The normalized spacial score (nSPS) is 11.5. The number of nitrogens with zero attached hydrogens (tertiary/aromatic N) is 2. The highest BCUT2D eigenvalue weighted by Crippen LogP contribution is 2.36. The molecule has 2 aromatic heterocycles. The predicted molar refractivity (Wildman–Crippen MR) is 131 cm³/mol. The van der Waals surface area contributed by atoms with Crippen LogP contribution in [0.2, 0.25) is 10.0 Å². The van der Waals surface area contributed by atoms with Gasteiger partial charge in [0.15, 0.2) is 5.82 Å². The van der Waals surface area contributed by atoms with Crippen LogP contribution in [-0.2, 0) is 22.9 Å². The highest BCUT2D eigenvalue weighted by Gasteiger charge is 2.23. The maximum atomic E-state index is 14.8. The molecule has 34 heavy (non-hydrogen) atoms. The van der Waals surface area contributed by atoms with Crippen molar-refractivity contribution < 1.29 is 17.5 Å². The van der Waals surface area contributed by atoms with Gasteiger partial charge in [0.2, 0.25) is 0 Å². The summed E-state index contributed by atoms with van der Waals surface area (Å²) >= 11 is 13.6. The van der Waals surface area contributed by atoms with E-state index in [0.717, 1.165) is 42.7 Å². The number of anilines is 1. The largest absolute Gasteiger partial charge is 0.455 e. The van der Waals surface area contributed by atoms with Crippen molar-refractivity contribution in [2.75, 3.05) is 4.72 Å². The molecule has 4 rings (SSSR count). The van der Waals surface area contributed by atoms with E-state index in [1.807, 2.05) is 6.07 Å². The topological polar surface area (TPSA) is 97.0 Å². The van der Waals surface area contributed by atoms with Crippen molar-refractivity contribution in [3.05, 3.63) is 80.6 Å². The van der Waals surface area contributed by atoms with E-state index < -0.39 is 20.7 Å². The molecule has 2 heterocycles. The second-order valence-corrected chi connectivity index (χ2v) is 10.5. The number of unbranched alkanes of at least 4 members (excludes halogenated alkanes) is 1. The summed E-state index contributed by atoms with van der Waals surface area (Å²) in [5, 5.41) is 8.85. The average Bonchev–Trinajstić information content (AvgIpc) is 3.49. The fourth-order valence-corrected chi connectivity index (χ4v) is 5.37. The first kappa shape index (κ1) is 24.5. The Balaban J connectivity index is 1.50. The van der Waals surface area contributed by atoms with E-state index in [1.165, 1.54) is 22.2 Å². The number of nitrogens with one attached hydrogen (secondary N) is 2. The summed E-state index contributed by atoms with van der Waals surface area (Å²) in [5.41, 5.74) is 3.35. The molecule has 0 bridgehead atoms. The Labute approximate surface area is 210 Å². The smallest absolute Gasteiger partial charge is 0.266 e. The third-order valence-electron chi connectivity index (χ3n) is 4.89. The zero-order valence-electron chi connectivity index (χ0n) is 17.6. The number of aromatic amines is 1. The molecule has 0 fully saturated rings. The third kappa shape index (κ3) is 6.06. The number of aryl methyl sites for hydroxylation is 2. The van der Waals surface area contributed by atoms with Gasteiger partial charge in [-0.1, -0.05) is 23.2 Å². The summed E-state index contributed by atoms with van der Waals surface area (Å²) in [5.74, 6) is -0.451. The van der Waals surface area contributed by atoms with Crippen molar-refractivity contribution >= 4 is 50.4 Å². The lowest BCUT2D eigenvalue weighted by atomic mass is 10.1. The van der Waals surface area contributed by atoms with Crippen LogP contribution in [0, 0.1) is 5.82 Å². The van der Waals surface area contributed by atoms with Crippen molar-refractivity contribution in [1.82, 2.24) is 15.2 Å². The van der Waals surface area contributed by atoms with Crippen molar-refractivity contribution in [3.8, 4) is 11.5 Å². The van der Waals surface area contributed by atoms with Crippen LogP contribution in [-0.4, -0.2) is 23.6 Å². The number of hydrogen-bond donors (Lipinski definition) is 2. The van der Waals surface area contributed by atoms with Crippen molar-refractivity contribution in [2.45, 2.75) is 30.6 Å². The van der Waals surface area contributed by atoms with Gasteiger partial charge in [-0.05, 0) is 61.6 Å². The highest BCUT2D eigenvalue weighted by atomic mass is 35.5. The van der Waals surface area contributed by atoms with Crippen LogP contribution >= 0.6 is 34.5 Å². The van der Waals surface area contributed by atoms with E-state index in [-0.39, 0.29) is 16.6 Å². The molecule has 0 amide bonds. The SMILES string of the molecule is O=S(=O)(Nc1cscn1)c1cc(Cl)c(Oc2ccc(Cl)cc2CCCCc2ccn[nH]2)cc1F. The molecule has 0 aliphatic rings. The van der Waals surface area contributed by atoms with Gasteiger partial charge < -0.3 is 4.74 Å². The first-order valence-corrected chi connectivity index (χ1v) is 13.3. The van der Waals surface area contributed by atoms with Gasteiger partial charge in [0, 0.05) is 28.4 Å². The maximum Gasteiger partial charge on any atom is 0.266 e. The number of halogens is 3. The van der Waals surface area contributed by atoms with Gasteiger partial charge in [0.1, 0.15) is 22.2 Å². The minimum atomic E-state index is -4.22. The van der Waals surface area contributed by atoms with Crippen LogP contribution in [0.4, 0.5) is 10.2 Å². The van der Waals surface area contributed by atoms with Gasteiger partial charge in [-0.15, -0.1) is 11.3 Å². The number of H-pyrrole nitrogens is 1. The minimum absolute atomic E-state index is 0.00666. The number of rotatable bonds is 10. The summed E-state index contributed by atoms with van der Waals surface area (Å²) in [4.78, 5) is 3.24. The zero-order chi connectivity index (χ0) is 24.1. The second kappa shape index (κ2) is 10.7. The van der Waals surface area contributed by atoms with Gasteiger partial charge in [-0.3, -0.25) is 9.82 Å². The fraction of sp³-hybridized carbons (Fsp3) is 0.182. The first-order valence-electron chi connectivity index (χ1n) is 10.2. The summed E-state index contributed by atoms with van der Waals surface area (Å²) in [6.07, 6.45) is 5.03. The molecule has 0 spiro atoms. The van der Waals surface area contributed by atoms with Crippen molar-refractivity contribution in [3.63, 3.8) is 0 Å². The molecular formula is C22H19Cl2FN4O3S2. The quantitative estimate of drug-likeness (QED) is 0.224. The van der Waals surface area contributed by atoms with Crippen LogP contribution in [0.5, 0.6) is 11.5 Å². The van der Waals surface area contributed by atoms with Crippen LogP contribution < -0.4 is 9.46 Å². The van der Waals surface area contributed by atoms with Gasteiger partial charge in [-0.2, -0.15) is 5.10 Å². The van der Waals surface area contributed by atoms with Crippen molar-refractivity contribution in [2.24, 2.45) is 0 Å². The number of aromatic nitrogens is 3. The molecule has 12 heteroatoms. The zero-order valence-corrected chi connectivity index (χ0v) is 20.7. The lowest BCUT2D eigenvalue weighted by Crippen LogP contribution is -2.15. The second-order valence-electron chi connectivity index (χ2n) is 7.34. The molecule has 178 valence electrons. The Bertz CT molecular complexity index is 1370. The van der Waals surface area contributed by atoms with E-state index in [4.69, 9.17) is 27.9 Å². The molecule has 2 N–H and O–H groups in total. The van der Waals surface area contributed by atoms with Crippen LogP contribution in [0.15, 0.2) is 58.4 Å². The molecule has 0 unspecified atom stereocenters. The number of benzene rings is 2.